The van der Waals surface area contributed by atoms with Gasteiger partial charge in [-0.3, -0.25) is 10.3 Å². The molecule has 1 aromatic heterocycles. The van der Waals surface area contributed by atoms with E-state index in [1.165, 1.54) is 27.8 Å². The number of pyridine rings is 1. The van der Waals surface area contributed by atoms with Gasteiger partial charge in [-0.25, -0.2) is 0 Å². The van der Waals surface area contributed by atoms with Gasteiger partial charge in [-0.05, 0) is 47.4 Å². The van der Waals surface area contributed by atoms with E-state index in [1.807, 2.05) is 12.4 Å². The molecule has 5 rings (SSSR count). The molecule has 3 nitrogen and oxygen atoms in total. The van der Waals surface area contributed by atoms with Gasteiger partial charge in [0.15, 0.2) is 0 Å². The molecule has 3 aromatic carbocycles. The lowest BCUT2D eigenvalue weighted by atomic mass is 9.93. The first-order valence-corrected chi connectivity index (χ1v) is 10.6. The van der Waals surface area contributed by atoms with E-state index in [9.17, 15) is 0 Å². The van der Waals surface area contributed by atoms with Gasteiger partial charge in [0.1, 0.15) is 6.17 Å². The number of aromatic nitrogens is 1. The summed E-state index contributed by atoms with van der Waals surface area (Å²) in [6, 6.07) is 32.1. The van der Waals surface area contributed by atoms with E-state index in [1.54, 1.807) is 0 Å². The highest BCUT2D eigenvalue weighted by Gasteiger charge is 2.25. The minimum atomic E-state index is 0.0120. The Morgan fingerprint density at radius 3 is 2.10 bits per heavy atom. The van der Waals surface area contributed by atoms with Crippen molar-refractivity contribution in [2.24, 2.45) is 0 Å². The summed E-state index contributed by atoms with van der Waals surface area (Å²) in [6.45, 7) is 2.12. The summed E-state index contributed by atoms with van der Waals surface area (Å²) in [4.78, 5) is 4.18. The summed E-state index contributed by atoms with van der Waals surface area (Å²) >= 11 is 0. The Morgan fingerprint density at radius 2 is 1.35 bits per heavy atom. The van der Waals surface area contributed by atoms with Crippen molar-refractivity contribution in [1.29, 1.82) is 0 Å². The van der Waals surface area contributed by atoms with Crippen LogP contribution < -0.4 is 10.6 Å². The van der Waals surface area contributed by atoms with Crippen LogP contribution in [-0.2, 0) is 0 Å². The lowest BCUT2D eigenvalue weighted by molar-refractivity contribution is 0.443. The van der Waals surface area contributed by atoms with E-state index in [2.05, 4.69) is 120 Å². The molecule has 0 bridgehead atoms. The molecule has 0 amide bonds. The van der Waals surface area contributed by atoms with Crippen molar-refractivity contribution in [2.75, 3.05) is 0 Å². The third-order valence-electron chi connectivity index (χ3n) is 5.76. The highest BCUT2D eigenvalue weighted by molar-refractivity contribution is 5.81. The minimum Gasteiger partial charge on any atom is -0.366 e. The largest absolute Gasteiger partial charge is 0.366 e. The van der Waals surface area contributed by atoms with E-state index in [0.717, 1.165) is 11.3 Å². The standard InChI is InChI=1S/C28H25N3/c1-20-11-13-22(14-12-20)26-19-27(31-28(30-26)23-7-3-2-4-8-23)25-10-6-5-9-24(25)21-15-17-29-18-16-21/h2-19,26,28,30-31H,1H3. The molecule has 2 heterocycles. The number of nitrogens with one attached hydrogen (secondary N) is 2. The van der Waals surface area contributed by atoms with Gasteiger partial charge >= 0.3 is 0 Å². The molecule has 31 heavy (non-hydrogen) atoms. The normalized spacial score (nSPS) is 18.2. The minimum absolute atomic E-state index is 0.0120. The van der Waals surface area contributed by atoms with Crippen LogP contribution in [0.15, 0.2) is 109 Å². The van der Waals surface area contributed by atoms with Crippen LogP contribution in [0.4, 0.5) is 0 Å². The number of benzene rings is 3. The van der Waals surface area contributed by atoms with Crippen LogP contribution in [0.2, 0.25) is 0 Å². The summed E-state index contributed by atoms with van der Waals surface area (Å²) < 4.78 is 0. The maximum atomic E-state index is 4.18. The van der Waals surface area contributed by atoms with Crippen LogP contribution in [-0.4, -0.2) is 4.98 Å². The van der Waals surface area contributed by atoms with Crippen molar-refractivity contribution in [2.45, 2.75) is 19.1 Å². The maximum Gasteiger partial charge on any atom is 0.104 e. The zero-order valence-corrected chi connectivity index (χ0v) is 17.5. The maximum absolute atomic E-state index is 4.18. The van der Waals surface area contributed by atoms with Crippen LogP contribution in [0.25, 0.3) is 16.8 Å². The van der Waals surface area contributed by atoms with Crippen LogP contribution in [0.5, 0.6) is 0 Å². The van der Waals surface area contributed by atoms with E-state index in [0.29, 0.717) is 0 Å². The van der Waals surface area contributed by atoms with Crippen molar-refractivity contribution in [3.63, 3.8) is 0 Å². The Bertz CT molecular complexity index is 1180. The van der Waals surface area contributed by atoms with Gasteiger partial charge in [-0.2, -0.15) is 0 Å². The molecule has 2 unspecified atom stereocenters. The van der Waals surface area contributed by atoms with Crippen molar-refractivity contribution in [3.8, 4) is 11.1 Å². The van der Waals surface area contributed by atoms with Crippen LogP contribution in [0, 0.1) is 6.92 Å². The number of rotatable bonds is 4. The average molecular weight is 404 g/mol. The number of hydrogen-bond donors (Lipinski definition) is 2. The molecule has 3 heteroatoms. The molecule has 0 radical (unpaired) electrons. The average Bonchev–Trinajstić information content (AvgIpc) is 2.85. The fourth-order valence-corrected chi connectivity index (χ4v) is 4.10. The third-order valence-corrected chi connectivity index (χ3v) is 5.76. The zero-order valence-electron chi connectivity index (χ0n) is 17.5. The molecule has 2 N–H and O–H groups in total. The Morgan fingerprint density at radius 1 is 0.677 bits per heavy atom. The monoisotopic (exact) mass is 403 g/mol. The van der Waals surface area contributed by atoms with E-state index in [-0.39, 0.29) is 12.2 Å². The molecule has 1 aliphatic rings. The Labute approximate surface area is 183 Å². The van der Waals surface area contributed by atoms with Crippen molar-refractivity contribution in [1.82, 2.24) is 15.6 Å². The number of aryl methyl sites for hydroxylation is 1. The second-order valence-corrected chi connectivity index (χ2v) is 7.90. The summed E-state index contributed by atoms with van der Waals surface area (Å²) in [5.74, 6) is 0. The molecule has 2 atom stereocenters. The van der Waals surface area contributed by atoms with Crippen molar-refractivity contribution < 1.29 is 0 Å². The molecule has 1 aliphatic heterocycles. The Hall–Kier alpha value is -3.69. The number of nitrogens with zero attached hydrogens (tertiary/aromatic N) is 1. The lowest BCUT2D eigenvalue weighted by Crippen LogP contribution is -2.39. The van der Waals surface area contributed by atoms with E-state index < -0.39 is 0 Å². The van der Waals surface area contributed by atoms with Gasteiger partial charge in [0.25, 0.3) is 0 Å². The second kappa shape index (κ2) is 8.58. The first kappa shape index (κ1) is 19.3. The van der Waals surface area contributed by atoms with Gasteiger partial charge in [0.2, 0.25) is 0 Å². The summed E-state index contributed by atoms with van der Waals surface area (Å²) in [6.07, 6.45) is 6.00. The van der Waals surface area contributed by atoms with Gasteiger partial charge in [0, 0.05) is 23.7 Å². The van der Waals surface area contributed by atoms with Gasteiger partial charge in [-0.15, -0.1) is 0 Å². The molecule has 0 aliphatic carbocycles. The lowest BCUT2D eigenvalue weighted by Gasteiger charge is -2.33. The first-order chi connectivity index (χ1) is 15.3. The Balaban J connectivity index is 1.60. The zero-order chi connectivity index (χ0) is 21.0. The number of hydrogen-bond acceptors (Lipinski definition) is 3. The summed E-state index contributed by atoms with van der Waals surface area (Å²) in [5.41, 5.74) is 8.41. The molecular weight excluding hydrogens is 378 g/mol. The molecular formula is C28H25N3. The smallest absolute Gasteiger partial charge is 0.104 e. The van der Waals surface area contributed by atoms with Gasteiger partial charge in [-0.1, -0.05) is 84.4 Å². The summed E-state index contributed by atoms with van der Waals surface area (Å²) in [5, 5.41) is 7.51. The highest BCUT2D eigenvalue weighted by atomic mass is 15.2. The Kier molecular flexibility index (Phi) is 5.34. The van der Waals surface area contributed by atoms with Crippen LogP contribution >= 0.6 is 0 Å². The molecule has 0 saturated heterocycles. The second-order valence-electron chi connectivity index (χ2n) is 7.90. The SMILES string of the molecule is Cc1ccc(C2C=C(c3ccccc3-c3ccncc3)NC(c3ccccc3)N2)cc1. The predicted octanol–water partition coefficient (Wildman–Crippen LogP) is 6.03. The van der Waals surface area contributed by atoms with Gasteiger partial charge < -0.3 is 5.32 Å². The third kappa shape index (κ3) is 4.14. The predicted molar refractivity (Wildman–Crippen MR) is 127 cm³/mol. The quantitative estimate of drug-likeness (QED) is 0.437. The molecule has 0 fully saturated rings. The van der Waals surface area contributed by atoms with Crippen LogP contribution in [0.1, 0.15) is 34.5 Å². The van der Waals surface area contributed by atoms with Gasteiger partial charge in [0.05, 0.1) is 6.04 Å². The van der Waals surface area contributed by atoms with Crippen molar-refractivity contribution >= 4 is 5.70 Å². The van der Waals surface area contributed by atoms with Crippen molar-refractivity contribution in [3.05, 3.63) is 132 Å². The van der Waals surface area contributed by atoms with E-state index >= 15 is 0 Å². The summed E-state index contributed by atoms with van der Waals surface area (Å²) in [7, 11) is 0. The fourth-order valence-electron chi connectivity index (χ4n) is 4.10. The van der Waals surface area contributed by atoms with E-state index in [4.69, 9.17) is 0 Å². The molecule has 0 spiro atoms. The highest BCUT2D eigenvalue weighted by Crippen LogP contribution is 2.34. The topological polar surface area (TPSA) is 37.0 Å². The fraction of sp³-hybridized carbons (Fsp3) is 0.107. The van der Waals surface area contributed by atoms with Crippen LogP contribution in [0.3, 0.4) is 0 Å². The molecule has 152 valence electrons. The first-order valence-electron chi connectivity index (χ1n) is 10.6. The molecule has 4 aromatic rings. The molecule has 0 saturated carbocycles.